The van der Waals surface area contributed by atoms with Crippen molar-refractivity contribution in [3.63, 3.8) is 0 Å². The summed E-state index contributed by atoms with van der Waals surface area (Å²) in [5, 5.41) is 3.39. The molecule has 146 valence electrons. The first-order chi connectivity index (χ1) is 13.0. The van der Waals surface area contributed by atoms with Crippen LogP contribution in [0.4, 0.5) is 13.2 Å². The van der Waals surface area contributed by atoms with E-state index in [-0.39, 0.29) is 5.75 Å². The highest BCUT2D eigenvalue weighted by Crippen LogP contribution is 2.24. The Bertz CT molecular complexity index is 683. The second-order valence-electron chi connectivity index (χ2n) is 6.88. The van der Waals surface area contributed by atoms with E-state index >= 15 is 0 Å². The molecule has 0 aromatic heterocycles. The molecule has 1 heterocycles. The minimum Gasteiger partial charge on any atom is -0.406 e. The van der Waals surface area contributed by atoms with Crippen LogP contribution in [0.1, 0.15) is 24.0 Å². The molecule has 2 aromatic carbocycles. The fourth-order valence-corrected chi connectivity index (χ4v) is 3.51. The lowest BCUT2D eigenvalue weighted by molar-refractivity contribution is -0.274. The highest BCUT2D eigenvalue weighted by molar-refractivity contribution is 5.27. The topological polar surface area (TPSA) is 24.5 Å². The molecule has 0 atom stereocenters. The number of piperidine rings is 1. The van der Waals surface area contributed by atoms with Gasteiger partial charge in [0, 0.05) is 19.1 Å². The van der Waals surface area contributed by atoms with Gasteiger partial charge in [0.1, 0.15) is 5.75 Å². The van der Waals surface area contributed by atoms with E-state index in [2.05, 4.69) is 27.1 Å². The Morgan fingerprint density at radius 2 is 1.59 bits per heavy atom. The Hall–Kier alpha value is -2.05. The van der Waals surface area contributed by atoms with Gasteiger partial charge in [0.05, 0.1) is 0 Å². The number of halogens is 3. The summed E-state index contributed by atoms with van der Waals surface area (Å²) in [6.07, 6.45) is -1.52. The molecule has 0 spiro atoms. The van der Waals surface area contributed by atoms with Crippen LogP contribution in [0.2, 0.25) is 0 Å². The summed E-state index contributed by atoms with van der Waals surface area (Å²) in [7, 11) is 0. The molecular weight excluding hydrogens is 353 g/mol. The second-order valence-corrected chi connectivity index (χ2v) is 6.88. The van der Waals surface area contributed by atoms with Gasteiger partial charge in [-0.05, 0) is 55.6 Å². The minimum absolute atomic E-state index is 0.177. The molecule has 1 fully saturated rings. The average molecular weight is 378 g/mol. The molecule has 0 saturated carbocycles. The van der Waals surface area contributed by atoms with E-state index in [4.69, 9.17) is 0 Å². The highest BCUT2D eigenvalue weighted by Gasteiger charge is 2.31. The third-order valence-corrected chi connectivity index (χ3v) is 4.90. The standard InChI is InChI=1S/C21H25F3N2O/c22-21(23,24)27-20-8-6-18(7-9-20)16-26(19-10-13-25-14-11-19)15-12-17-4-2-1-3-5-17/h1-9,19,25H,10-16H2. The van der Waals surface area contributed by atoms with E-state index in [1.165, 1.54) is 17.7 Å². The number of hydrogen-bond donors (Lipinski definition) is 1. The van der Waals surface area contributed by atoms with Gasteiger partial charge in [-0.2, -0.15) is 0 Å². The van der Waals surface area contributed by atoms with Crippen LogP contribution in [0, 0.1) is 0 Å². The lowest BCUT2D eigenvalue weighted by Crippen LogP contribution is -2.43. The van der Waals surface area contributed by atoms with Crippen LogP contribution in [0.25, 0.3) is 0 Å². The zero-order valence-electron chi connectivity index (χ0n) is 15.2. The molecule has 1 aliphatic heterocycles. The van der Waals surface area contributed by atoms with Gasteiger partial charge in [0.25, 0.3) is 0 Å². The summed E-state index contributed by atoms with van der Waals surface area (Å²) in [5.41, 5.74) is 2.29. The molecule has 3 rings (SSSR count). The molecule has 1 aliphatic rings. The molecule has 0 unspecified atom stereocenters. The van der Waals surface area contributed by atoms with Gasteiger partial charge >= 0.3 is 6.36 Å². The third kappa shape index (κ3) is 6.56. The van der Waals surface area contributed by atoms with Gasteiger partial charge in [0.15, 0.2) is 0 Å². The van der Waals surface area contributed by atoms with Gasteiger partial charge in [0.2, 0.25) is 0 Å². The number of hydrogen-bond acceptors (Lipinski definition) is 3. The lowest BCUT2D eigenvalue weighted by Gasteiger charge is -2.35. The van der Waals surface area contributed by atoms with Gasteiger partial charge in [-0.1, -0.05) is 42.5 Å². The Labute approximate surface area is 158 Å². The summed E-state index contributed by atoms with van der Waals surface area (Å²) >= 11 is 0. The summed E-state index contributed by atoms with van der Waals surface area (Å²) in [5.74, 6) is -0.177. The van der Waals surface area contributed by atoms with Gasteiger partial charge < -0.3 is 10.1 Å². The lowest BCUT2D eigenvalue weighted by atomic mass is 10.0. The van der Waals surface area contributed by atoms with Crippen molar-refractivity contribution in [3.8, 4) is 5.75 Å². The van der Waals surface area contributed by atoms with E-state index in [1.807, 2.05) is 18.2 Å². The van der Waals surface area contributed by atoms with E-state index in [0.717, 1.165) is 51.0 Å². The van der Waals surface area contributed by atoms with E-state index in [9.17, 15) is 13.2 Å². The van der Waals surface area contributed by atoms with Gasteiger partial charge in [-0.25, -0.2) is 0 Å². The van der Waals surface area contributed by atoms with Gasteiger partial charge in [-0.15, -0.1) is 13.2 Å². The zero-order chi connectivity index (χ0) is 19.1. The van der Waals surface area contributed by atoms with Crippen molar-refractivity contribution in [2.45, 2.75) is 38.2 Å². The van der Waals surface area contributed by atoms with E-state index in [1.54, 1.807) is 12.1 Å². The fraction of sp³-hybridized carbons (Fsp3) is 0.429. The SMILES string of the molecule is FC(F)(F)Oc1ccc(CN(CCc2ccccc2)C2CCNCC2)cc1. The number of rotatable bonds is 7. The molecule has 0 amide bonds. The first-order valence-electron chi connectivity index (χ1n) is 9.33. The van der Waals surface area contributed by atoms with Crippen LogP contribution in [0.5, 0.6) is 5.75 Å². The van der Waals surface area contributed by atoms with E-state index < -0.39 is 6.36 Å². The Morgan fingerprint density at radius 1 is 0.926 bits per heavy atom. The summed E-state index contributed by atoms with van der Waals surface area (Å²) in [6, 6.07) is 17.1. The predicted molar refractivity (Wildman–Crippen MR) is 99.6 cm³/mol. The van der Waals surface area contributed by atoms with Crippen LogP contribution < -0.4 is 10.1 Å². The van der Waals surface area contributed by atoms with Crippen molar-refractivity contribution in [2.75, 3.05) is 19.6 Å². The number of alkyl halides is 3. The number of benzene rings is 2. The Morgan fingerprint density at radius 3 is 2.22 bits per heavy atom. The number of ether oxygens (including phenoxy) is 1. The van der Waals surface area contributed by atoms with Crippen molar-refractivity contribution in [1.29, 1.82) is 0 Å². The van der Waals surface area contributed by atoms with Crippen LogP contribution in [0.15, 0.2) is 54.6 Å². The van der Waals surface area contributed by atoms with E-state index in [0.29, 0.717) is 6.04 Å². The van der Waals surface area contributed by atoms with Crippen molar-refractivity contribution in [1.82, 2.24) is 10.2 Å². The van der Waals surface area contributed by atoms with Crippen molar-refractivity contribution < 1.29 is 17.9 Å². The van der Waals surface area contributed by atoms with Crippen LogP contribution in [0.3, 0.4) is 0 Å². The maximum absolute atomic E-state index is 12.3. The zero-order valence-corrected chi connectivity index (χ0v) is 15.2. The maximum atomic E-state index is 12.3. The maximum Gasteiger partial charge on any atom is 0.573 e. The average Bonchev–Trinajstić information content (AvgIpc) is 2.67. The first kappa shape index (κ1) is 19.7. The van der Waals surface area contributed by atoms with Crippen LogP contribution in [-0.4, -0.2) is 36.9 Å². The third-order valence-electron chi connectivity index (χ3n) is 4.90. The first-order valence-corrected chi connectivity index (χ1v) is 9.33. The monoisotopic (exact) mass is 378 g/mol. The molecule has 27 heavy (non-hydrogen) atoms. The molecule has 2 aromatic rings. The normalized spacial score (nSPS) is 15.9. The molecule has 6 heteroatoms. The molecule has 1 saturated heterocycles. The number of nitrogens with zero attached hydrogens (tertiary/aromatic N) is 1. The second kappa shape index (κ2) is 9.24. The quantitative estimate of drug-likeness (QED) is 0.774. The van der Waals surface area contributed by atoms with Crippen molar-refractivity contribution >= 4 is 0 Å². The van der Waals surface area contributed by atoms with Crippen LogP contribution in [-0.2, 0) is 13.0 Å². The summed E-state index contributed by atoms with van der Waals surface area (Å²) < 4.78 is 40.9. The highest BCUT2D eigenvalue weighted by atomic mass is 19.4. The Balaban J connectivity index is 1.65. The minimum atomic E-state index is -4.65. The number of nitrogens with one attached hydrogen (secondary N) is 1. The van der Waals surface area contributed by atoms with Crippen molar-refractivity contribution in [2.24, 2.45) is 0 Å². The fourth-order valence-electron chi connectivity index (χ4n) is 3.51. The smallest absolute Gasteiger partial charge is 0.406 e. The van der Waals surface area contributed by atoms with Crippen LogP contribution >= 0.6 is 0 Å². The molecular formula is C21H25F3N2O. The summed E-state index contributed by atoms with van der Waals surface area (Å²) in [6.45, 7) is 3.66. The molecule has 3 nitrogen and oxygen atoms in total. The molecule has 0 aliphatic carbocycles. The largest absolute Gasteiger partial charge is 0.573 e. The molecule has 0 radical (unpaired) electrons. The predicted octanol–water partition coefficient (Wildman–Crippen LogP) is 4.38. The van der Waals surface area contributed by atoms with Gasteiger partial charge in [-0.3, -0.25) is 4.90 Å². The summed E-state index contributed by atoms with van der Waals surface area (Å²) in [4.78, 5) is 2.45. The Kier molecular flexibility index (Phi) is 6.74. The van der Waals surface area contributed by atoms with Crippen molar-refractivity contribution in [3.05, 3.63) is 65.7 Å². The molecule has 1 N–H and O–H groups in total. The molecule has 0 bridgehead atoms.